The number of phenolic OH excluding ortho intramolecular Hbond substituents is 1. The first-order valence-corrected chi connectivity index (χ1v) is 8.93. The zero-order chi connectivity index (χ0) is 19.8. The van der Waals surface area contributed by atoms with Gasteiger partial charge >= 0.3 is 0 Å². The van der Waals surface area contributed by atoms with Gasteiger partial charge in [-0.1, -0.05) is 36.8 Å². The maximum Gasteiger partial charge on any atom is 0.200 e. The predicted octanol–water partition coefficient (Wildman–Crippen LogP) is 3.19. The second kappa shape index (κ2) is 9.71. The van der Waals surface area contributed by atoms with Crippen LogP contribution in [0.15, 0.2) is 41.4 Å². The number of nitrogens with zero attached hydrogens (tertiary/aromatic N) is 1. The van der Waals surface area contributed by atoms with Crippen LogP contribution in [0.4, 0.5) is 0 Å². The molecule has 146 valence electrons. The summed E-state index contributed by atoms with van der Waals surface area (Å²) >= 11 is 0. The predicted molar refractivity (Wildman–Crippen MR) is 109 cm³/mol. The molecular weight excluding hydrogens is 342 g/mol. The molecule has 27 heavy (non-hydrogen) atoms. The Hall–Kier alpha value is -2.89. The van der Waals surface area contributed by atoms with Crippen molar-refractivity contribution >= 4 is 5.96 Å². The van der Waals surface area contributed by atoms with Gasteiger partial charge in [-0.25, -0.2) is 0 Å². The van der Waals surface area contributed by atoms with Crippen LogP contribution < -0.4 is 20.1 Å². The second-order valence-electron chi connectivity index (χ2n) is 6.47. The van der Waals surface area contributed by atoms with Gasteiger partial charge in [0, 0.05) is 20.1 Å². The largest absolute Gasteiger partial charge is 0.502 e. The number of guanidine groups is 1. The summed E-state index contributed by atoms with van der Waals surface area (Å²) in [7, 11) is 4.77. The van der Waals surface area contributed by atoms with Crippen LogP contribution in [0.1, 0.15) is 29.5 Å². The van der Waals surface area contributed by atoms with Crippen LogP contribution in [0.25, 0.3) is 0 Å². The number of aromatic hydroxyl groups is 1. The molecule has 0 amide bonds. The number of phenols is 1. The minimum Gasteiger partial charge on any atom is -0.502 e. The molecule has 6 nitrogen and oxygen atoms in total. The maximum atomic E-state index is 10.0. The molecule has 0 aliphatic heterocycles. The molecule has 6 heteroatoms. The van der Waals surface area contributed by atoms with Gasteiger partial charge in [-0.05, 0) is 36.1 Å². The van der Waals surface area contributed by atoms with Gasteiger partial charge in [0.15, 0.2) is 17.5 Å². The average molecular weight is 371 g/mol. The smallest absolute Gasteiger partial charge is 0.200 e. The number of benzene rings is 2. The van der Waals surface area contributed by atoms with Gasteiger partial charge in [0.2, 0.25) is 5.75 Å². The Labute approximate surface area is 161 Å². The Morgan fingerprint density at radius 1 is 1.11 bits per heavy atom. The van der Waals surface area contributed by atoms with Gasteiger partial charge in [0.05, 0.1) is 14.2 Å². The van der Waals surface area contributed by atoms with Gasteiger partial charge < -0.3 is 25.2 Å². The highest BCUT2D eigenvalue weighted by Crippen LogP contribution is 2.36. The second-order valence-corrected chi connectivity index (χ2v) is 6.47. The molecule has 1 atom stereocenters. The summed E-state index contributed by atoms with van der Waals surface area (Å²) in [5.74, 6) is 1.82. The zero-order valence-corrected chi connectivity index (χ0v) is 16.7. The van der Waals surface area contributed by atoms with Crippen molar-refractivity contribution in [3.05, 3.63) is 53.1 Å². The van der Waals surface area contributed by atoms with Crippen molar-refractivity contribution in [3.8, 4) is 17.2 Å². The molecule has 0 spiro atoms. The number of methoxy groups -OCH3 is 2. The number of aliphatic imine (C=N–C) groups is 1. The third kappa shape index (κ3) is 5.54. The molecule has 1 unspecified atom stereocenters. The van der Waals surface area contributed by atoms with Gasteiger partial charge in [-0.3, -0.25) is 4.99 Å². The molecule has 0 aliphatic rings. The Morgan fingerprint density at radius 2 is 1.78 bits per heavy atom. The van der Waals surface area contributed by atoms with E-state index >= 15 is 0 Å². The molecule has 0 heterocycles. The normalized spacial score (nSPS) is 12.4. The fraction of sp³-hybridized carbons (Fsp3) is 0.381. The monoisotopic (exact) mass is 371 g/mol. The first-order valence-electron chi connectivity index (χ1n) is 8.93. The van der Waals surface area contributed by atoms with E-state index in [1.54, 1.807) is 19.2 Å². The van der Waals surface area contributed by atoms with Gasteiger partial charge in [0.1, 0.15) is 0 Å². The summed E-state index contributed by atoms with van der Waals surface area (Å²) in [6.45, 7) is 5.58. The van der Waals surface area contributed by atoms with Gasteiger partial charge in [-0.2, -0.15) is 0 Å². The number of ether oxygens (including phenoxy) is 2. The molecular formula is C21H29N3O3. The van der Waals surface area contributed by atoms with E-state index in [2.05, 4.69) is 53.7 Å². The lowest BCUT2D eigenvalue weighted by Gasteiger charge is -2.17. The minimum atomic E-state index is -0.00163. The van der Waals surface area contributed by atoms with Crippen LogP contribution in [-0.4, -0.2) is 38.9 Å². The molecule has 0 bridgehead atoms. The van der Waals surface area contributed by atoms with Gasteiger partial charge in [-0.15, -0.1) is 0 Å². The van der Waals surface area contributed by atoms with Crippen LogP contribution in [-0.2, 0) is 6.54 Å². The average Bonchev–Trinajstić information content (AvgIpc) is 2.68. The van der Waals surface area contributed by atoms with Crippen molar-refractivity contribution in [2.45, 2.75) is 26.3 Å². The highest BCUT2D eigenvalue weighted by atomic mass is 16.5. The van der Waals surface area contributed by atoms with Crippen LogP contribution in [0.3, 0.4) is 0 Å². The molecule has 0 fully saturated rings. The van der Waals surface area contributed by atoms with Crippen molar-refractivity contribution in [2.75, 3.05) is 27.8 Å². The van der Waals surface area contributed by atoms with E-state index in [-0.39, 0.29) is 5.75 Å². The van der Waals surface area contributed by atoms with E-state index in [4.69, 9.17) is 9.47 Å². The number of rotatable bonds is 7. The molecule has 2 aromatic carbocycles. The third-order valence-electron chi connectivity index (χ3n) is 4.41. The fourth-order valence-electron chi connectivity index (χ4n) is 2.80. The van der Waals surface area contributed by atoms with Crippen LogP contribution in [0.5, 0.6) is 17.2 Å². The summed E-state index contributed by atoms with van der Waals surface area (Å²) in [6, 6.07) is 12.1. The first kappa shape index (κ1) is 20.4. The summed E-state index contributed by atoms with van der Waals surface area (Å²) in [4.78, 5) is 4.27. The van der Waals surface area contributed by atoms with Crippen molar-refractivity contribution in [2.24, 2.45) is 4.99 Å². The summed E-state index contributed by atoms with van der Waals surface area (Å²) < 4.78 is 10.4. The number of hydrogen-bond acceptors (Lipinski definition) is 4. The molecule has 0 aromatic heterocycles. The van der Waals surface area contributed by atoms with Crippen molar-refractivity contribution in [1.82, 2.24) is 10.6 Å². The third-order valence-corrected chi connectivity index (χ3v) is 4.41. The van der Waals surface area contributed by atoms with Crippen molar-refractivity contribution in [3.63, 3.8) is 0 Å². The quantitative estimate of drug-likeness (QED) is 0.515. The SMILES string of the molecule is CN=C(NCc1cc(OC)c(O)c(OC)c1)NCC(C)c1cccc(C)c1. The topological polar surface area (TPSA) is 75.1 Å². The van der Waals surface area contributed by atoms with E-state index in [1.165, 1.54) is 25.3 Å². The van der Waals surface area contributed by atoms with E-state index in [0.29, 0.717) is 29.9 Å². The Kier molecular flexibility index (Phi) is 7.34. The lowest BCUT2D eigenvalue weighted by molar-refractivity contribution is 0.339. The Bertz CT molecular complexity index is 765. The number of hydrogen-bond donors (Lipinski definition) is 3. The van der Waals surface area contributed by atoms with Crippen molar-refractivity contribution < 1.29 is 14.6 Å². The molecule has 0 aliphatic carbocycles. The summed E-state index contributed by atoms with van der Waals surface area (Å²) in [6.07, 6.45) is 0. The van der Waals surface area contributed by atoms with Crippen molar-refractivity contribution in [1.29, 1.82) is 0 Å². The standard InChI is InChI=1S/C21H29N3O3/c1-14-7-6-8-17(9-14)15(2)12-23-21(22-3)24-13-16-10-18(26-4)20(25)19(11-16)27-5/h6-11,15,25H,12-13H2,1-5H3,(H2,22,23,24). The molecule has 0 radical (unpaired) electrons. The molecule has 2 rings (SSSR count). The Morgan fingerprint density at radius 3 is 2.33 bits per heavy atom. The van der Waals surface area contributed by atoms with Crippen LogP contribution in [0, 0.1) is 6.92 Å². The number of aryl methyl sites for hydroxylation is 1. The molecule has 0 saturated carbocycles. The van der Waals surface area contributed by atoms with Gasteiger partial charge in [0.25, 0.3) is 0 Å². The van der Waals surface area contributed by atoms with E-state index in [0.717, 1.165) is 12.1 Å². The lowest BCUT2D eigenvalue weighted by Crippen LogP contribution is -2.38. The van der Waals surface area contributed by atoms with Crippen LogP contribution >= 0.6 is 0 Å². The summed E-state index contributed by atoms with van der Waals surface area (Å²) in [5, 5.41) is 16.6. The summed E-state index contributed by atoms with van der Waals surface area (Å²) in [5.41, 5.74) is 3.47. The zero-order valence-electron chi connectivity index (χ0n) is 16.7. The first-order chi connectivity index (χ1) is 13.0. The minimum absolute atomic E-state index is 0.00163. The van der Waals surface area contributed by atoms with E-state index in [9.17, 15) is 5.11 Å². The van der Waals surface area contributed by atoms with E-state index < -0.39 is 0 Å². The fourth-order valence-corrected chi connectivity index (χ4v) is 2.80. The Balaban J connectivity index is 1.96. The number of nitrogens with one attached hydrogen (secondary N) is 2. The molecule has 2 aromatic rings. The maximum absolute atomic E-state index is 10.0. The van der Waals surface area contributed by atoms with E-state index in [1.807, 2.05) is 0 Å². The lowest BCUT2D eigenvalue weighted by atomic mass is 9.99. The highest BCUT2D eigenvalue weighted by molar-refractivity contribution is 5.79. The highest BCUT2D eigenvalue weighted by Gasteiger charge is 2.12. The molecule has 0 saturated heterocycles. The molecule has 3 N–H and O–H groups in total. The van der Waals surface area contributed by atoms with Crippen LogP contribution in [0.2, 0.25) is 0 Å².